The first kappa shape index (κ1) is 27.8. The molecule has 180 valence electrons. The maximum absolute atomic E-state index is 11.1. The van der Waals surface area contributed by atoms with Gasteiger partial charge in [-0.3, -0.25) is 0 Å². The summed E-state index contributed by atoms with van der Waals surface area (Å²) < 4.78 is 5.55. The van der Waals surface area contributed by atoms with Crippen LogP contribution in [0.3, 0.4) is 0 Å². The van der Waals surface area contributed by atoms with Crippen molar-refractivity contribution in [3.8, 4) is 0 Å². The average molecular weight is 431 g/mol. The predicted molar refractivity (Wildman–Crippen MR) is 122 cm³/mol. The molecule has 1 fully saturated rings. The van der Waals surface area contributed by atoms with Crippen LogP contribution in [-0.4, -0.2) is 51.1 Å². The van der Waals surface area contributed by atoms with Crippen LogP contribution in [-0.2, 0) is 4.74 Å². The van der Waals surface area contributed by atoms with E-state index >= 15 is 0 Å². The van der Waals surface area contributed by atoms with Gasteiger partial charge in [0.25, 0.3) is 0 Å². The Morgan fingerprint density at radius 2 is 1.10 bits per heavy atom. The summed E-state index contributed by atoms with van der Waals surface area (Å²) in [6.45, 7) is 4.31. The van der Waals surface area contributed by atoms with E-state index in [9.17, 15) is 20.4 Å². The number of hydrogen-bond acceptors (Lipinski definition) is 5. The van der Waals surface area contributed by atoms with Gasteiger partial charge in [-0.2, -0.15) is 0 Å². The lowest BCUT2D eigenvalue weighted by Gasteiger charge is -2.46. The van der Waals surface area contributed by atoms with E-state index in [-0.39, 0.29) is 12.5 Å². The molecule has 5 nitrogen and oxygen atoms in total. The zero-order valence-corrected chi connectivity index (χ0v) is 19.7. The fraction of sp³-hybridized carbons (Fsp3) is 1.00. The van der Waals surface area contributed by atoms with Gasteiger partial charge in [-0.05, 0) is 12.8 Å². The zero-order chi connectivity index (χ0) is 22.2. The van der Waals surface area contributed by atoms with E-state index in [0.717, 1.165) is 38.5 Å². The Morgan fingerprint density at radius 1 is 0.700 bits per heavy atom. The van der Waals surface area contributed by atoms with Gasteiger partial charge >= 0.3 is 0 Å². The highest BCUT2D eigenvalue weighted by Crippen LogP contribution is 2.37. The first-order valence-corrected chi connectivity index (χ1v) is 12.9. The summed E-state index contributed by atoms with van der Waals surface area (Å²) in [7, 11) is 0. The molecule has 2 unspecified atom stereocenters. The van der Waals surface area contributed by atoms with Gasteiger partial charge in [-0.15, -0.1) is 0 Å². The monoisotopic (exact) mass is 430 g/mol. The van der Waals surface area contributed by atoms with Gasteiger partial charge in [-0.25, -0.2) is 0 Å². The molecule has 4 N–H and O–H groups in total. The van der Waals surface area contributed by atoms with Crippen LogP contribution in [0.2, 0.25) is 0 Å². The Labute approximate surface area is 185 Å². The summed E-state index contributed by atoms with van der Waals surface area (Å²) in [4.78, 5) is 0. The molecule has 0 aromatic rings. The van der Waals surface area contributed by atoms with Crippen LogP contribution in [0.4, 0.5) is 0 Å². The summed E-state index contributed by atoms with van der Waals surface area (Å²) in [6, 6.07) is 0. The maximum Gasteiger partial charge on any atom is 0.197 e. The molecule has 1 rings (SSSR count). The third-order valence-electron chi connectivity index (χ3n) is 6.77. The van der Waals surface area contributed by atoms with Crippen molar-refractivity contribution in [2.24, 2.45) is 5.92 Å². The van der Waals surface area contributed by atoms with Crippen molar-refractivity contribution >= 4 is 0 Å². The summed E-state index contributed by atoms with van der Waals surface area (Å²) in [5.41, 5.74) is 0. The van der Waals surface area contributed by atoms with Crippen molar-refractivity contribution in [2.45, 2.75) is 147 Å². The van der Waals surface area contributed by atoms with Gasteiger partial charge in [0.1, 0.15) is 18.3 Å². The molecular weight excluding hydrogens is 380 g/mol. The molecule has 1 aliphatic heterocycles. The molecule has 1 aliphatic rings. The molecule has 0 amide bonds. The van der Waals surface area contributed by atoms with E-state index in [2.05, 4.69) is 13.8 Å². The molecule has 0 saturated carbocycles. The predicted octanol–water partition coefficient (Wildman–Crippen LogP) is 5.08. The van der Waals surface area contributed by atoms with Crippen molar-refractivity contribution in [1.82, 2.24) is 0 Å². The third kappa shape index (κ3) is 9.95. The molecule has 5 atom stereocenters. The molecule has 0 spiro atoms. The Morgan fingerprint density at radius 3 is 1.53 bits per heavy atom. The largest absolute Gasteiger partial charge is 0.388 e. The molecule has 0 aromatic heterocycles. The molecule has 0 aromatic carbocycles. The SMILES string of the molecule is CCCCCCCCCCCC(CCCCCCCC)C1(O)OC[C@@H](O)[C@H](O)[C@H]1O. The average Bonchev–Trinajstić information content (AvgIpc) is 2.74. The van der Waals surface area contributed by atoms with Crippen molar-refractivity contribution < 1.29 is 25.2 Å². The van der Waals surface area contributed by atoms with Gasteiger partial charge in [0.2, 0.25) is 0 Å². The first-order chi connectivity index (χ1) is 14.5. The minimum Gasteiger partial charge on any atom is -0.388 e. The third-order valence-corrected chi connectivity index (χ3v) is 6.77. The lowest BCUT2D eigenvalue weighted by Crippen LogP contribution is -2.64. The lowest BCUT2D eigenvalue weighted by molar-refractivity contribution is -0.344. The van der Waals surface area contributed by atoms with E-state index in [4.69, 9.17) is 4.74 Å². The molecule has 30 heavy (non-hydrogen) atoms. The summed E-state index contributed by atoms with van der Waals surface area (Å²) >= 11 is 0. The van der Waals surface area contributed by atoms with Crippen LogP contribution in [0.5, 0.6) is 0 Å². The standard InChI is InChI=1S/C25H50O5/c1-3-5-7-9-11-12-13-15-17-19-21(18-16-14-10-8-6-4-2)25(29)24(28)23(27)22(26)20-30-25/h21-24,26-29H,3-20H2,1-2H3/t21?,22-,23+,24-,25?/m1/s1. The minimum absolute atomic E-state index is 0.139. The van der Waals surface area contributed by atoms with E-state index < -0.39 is 24.1 Å². The van der Waals surface area contributed by atoms with Gasteiger partial charge < -0.3 is 25.2 Å². The second kappa shape index (κ2) is 16.4. The Balaban J connectivity index is 2.44. The smallest absolute Gasteiger partial charge is 0.197 e. The molecule has 1 heterocycles. The maximum atomic E-state index is 11.1. The Hall–Kier alpha value is -0.200. The molecule has 0 bridgehead atoms. The molecule has 5 heteroatoms. The summed E-state index contributed by atoms with van der Waals surface area (Å²) in [6.07, 6.45) is 15.8. The Bertz CT molecular complexity index is 405. The van der Waals surface area contributed by atoms with Crippen LogP contribution in [0, 0.1) is 5.92 Å². The van der Waals surface area contributed by atoms with Crippen molar-refractivity contribution in [3.05, 3.63) is 0 Å². The van der Waals surface area contributed by atoms with E-state index in [0.29, 0.717) is 0 Å². The van der Waals surface area contributed by atoms with Gasteiger partial charge in [0.15, 0.2) is 5.79 Å². The Kier molecular flexibility index (Phi) is 15.2. The van der Waals surface area contributed by atoms with E-state index in [1.54, 1.807) is 0 Å². The lowest BCUT2D eigenvalue weighted by atomic mass is 9.80. The van der Waals surface area contributed by atoms with Crippen molar-refractivity contribution in [2.75, 3.05) is 6.61 Å². The fourth-order valence-corrected chi connectivity index (χ4v) is 4.65. The van der Waals surface area contributed by atoms with Crippen LogP contribution in [0.1, 0.15) is 123 Å². The molecule has 0 radical (unpaired) electrons. The van der Waals surface area contributed by atoms with Crippen LogP contribution in [0.25, 0.3) is 0 Å². The van der Waals surface area contributed by atoms with E-state index in [1.807, 2.05) is 0 Å². The van der Waals surface area contributed by atoms with Gasteiger partial charge in [0.05, 0.1) is 6.61 Å². The quantitative estimate of drug-likeness (QED) is 0.228. The highest BCUT2D eigenvalue weighted by Gasteiger charge is 2.52. The number of hydrogen-bond donors (Lipinski definition) is 4. The van der Waals surface area contributed by atoms with Gasteiger partial charge in [-0.1, -0.05) is 110 Å². The first-order valence-electron chi connectivity index (χ1n) is 12.9. The fourth-order valence-electron chi connectivity index (χ4n) is 4.65. The van der Waals surface area contributed by atoms with Crippen molar-refractivity contribution in [3.63, 3.8) is 0 Å². The van der Waals surface area contributed by atoms with Crippen molar-refractivity contribution in [1.29, 1.82) is 0 Å². The van der Waals surface area contributed by atoms with E-state index in [1.165, 1.54) is 70.6 Å². The normalized spacial score (nSPS) is 28.0. The molecular formula is C25H50O5. The van der Waals surface area contributed by atoms with Crippen LogP contribution >= 0.6 is 0 Å². The highest BCUT2D eigenvalue weighted by atomic mass is 16.6. The minimum atomic E-state index is -1.76. The number of rotatable bonds is 18. The van der Waals surface area contributed by atoms with Crippen LogP contribution < -0.4 is 0 Å². The highest BCUT2D eigenvalue weighted by molar-refractivity contribution is 4.95. The van der Waals surface area contributed by atoms with Gasteiger partial charge in [0, 0.05) is 5.92 Å². The zero-order valence-electron chi connectivity index (χ0n) is 19.7. The number of aliphatic hydroxyl groups excluding tert-OH is 3. The summed E-state index contributed by atoms with van der Waals surface area (Å²) in [5, 5.41) is 41.4. The van der Waals surface area contributed by atoms with Crippen LogP contribution in [0.15, 0.2) is 0 Å². The number of aliphatic hydroxyl groups is 4. The molecule has 1 saturated heterocycles. The second-order valence-electron chi connectivity index (χ2n) is 9.44. The topological polar surface area (TPSA) is 90.2 Å². The number of ether oxygens (including phenoxy) is 1. The summed E-state index contributed by atoms with van der Waals surface area (Å²) in [5.74, 6) is -1.98. The number of unbranched alkanes of at least 4 members (excludes halogenated alkanes) is 13. The molecule has 0 aliphatic carbocycles. The second-order valence-corrected chi connectivity index (χ2v) is 9.44.